The second kappa shape index (κ2) is 7.09. The SMILES string of the molecule is O=C(O)CCCCNS(=O)(=O)c1cccc(Cl)c1Cl. The first-order valence-electron chi connectivity index (χ1n) is 5.50. The highest BCUT2D eigenvalue weighted by atomic mass is 35.5. The van der Waals surface area contributed by atoms with Crippen LogP contribution in [0.25, 0.3) is 0 Å². The summed E-state index contributed by atoms with van der Waals surface area (Å²) in [6.45, 7) is 0.151. The van der Waals surface area contributed by atoms with Crippen LogP contribution >= 0.6 is 23.2 Å². The topological polar surface area (TPSA) is 83.5 Å². The molecule has 2 N–H and O–H groups in total. The molecule has 0 aromatic heterocycles. The Kier molecular flexibility index (Phi) is 6.06. The molecule has 0 aliphatic carbocycles. The number of hydrogen-bond donors (Lipinski definition) is 2. The molecule has 106 valence electrons. The van der Waals surface area contributed by atoms with Gasteiger partial charge in [-0.1, -0.05) is 29.3 Å². The molecule has 1 rings (SSSR count). The molecule has 19 heavy (non-hydrogen) atoms. The number of hydrogen-bond acceptors (Lipinski definition) is 3. The normalized spacial score (nSPS) is 11.5. The van der Waals surface area contributed by atoms with E-state index in [0.717, 1.165) is 0 Å². The Morgan fingerprint density at radius 1 is 1.26 bits per heavy atom. The molecule has 0 saturated carbocycles. The maximum absolute atomic E-state index is 11.9. The Labute approximate surface area is 121 Å². The number of rotatable bonds is 7. The summed E-state index contributed by atoms with van der Waals surface area (Å²) in [5.74, 6) is -0.902. The third-order valence-corrected chi connectivity index (χ3v) is 4.75. The molecule has 0 radical (unpaired) electrons. The van der Waals surface area contributed by atoms with E-state index in [-0.39, 0.29) is 27.9 Å². The summed E-state index contributed by atoms with van der Waals surface area (Å²) in [5.41, 5.74) is 0. The average Bonchev–Trinajstić information content (AvgIpc) is 2.31. The fourth-order valence-electron chi connectivity index (χ4n) is 1.38. The largest absolute Gasteiger partial charge is 0.481 e. The van der Waals surface area contributed by atoms with Gasteiger partial charge >= 0.3 is 5.97 Å². The van der Waals surface area contributed by atoms with Crippen LogP contribution in [0.2, 0.25) is 10.0 Å². The summed E-state index contributed by atoms with van der Waals surface area (Å²) in [6, 6.07) is 4.34. The van der Waals surface area contributed by atoms with Crippen LogP contribution in [0.4, 0.5) is 0 Å². The third-order valence-electron chi connectivity index (χ3n) is 2.32. The van der Waals surface area contributed by atoms with Gasteiger partial charge in [-0.05, 0) is 25.0 Å². The number of carbonyl (C=O) groups is 1. The van der Waals surface area contributed by atoms with E-state index in [9.17, 15) is 13.2 Å². The molecule has 0 fully saturated rings. The van der Waals surface area contributed by atoms with Crippen LogP contribution in [-0.2, 0) is 14.8 Å². The highest BCUT2D eigenvalue weighted by Gasteiger charge is 2.18. The van der Waals surface area contributed by atoms with Crippen LogP contribution in [-0.4, -0.2) is 26.0 Å². The van der Waals surface area contributed by atoms with E-state index in [0.29, 0.717) is 12.8 Å². The minimum Gasteiger partial charge on any atom is -0.481 e. The summed E-state index contributed by atoms with van der Waals surface area (Å²) in [7, 11) is -3.73. The molecule has 8 heteroatoms. The van der Waals surface area contributed by atoms with Gasteiger partial charge in [0.05, 0.1) is 10.0 Å². The summed E-state index contributed by atoms with van der Waals surface area (Å²) in [4.78, 5) is 10.2. The van der Waals surface area contributed by atoms with E-state index in [1.165, 1.54) is 18.2 Å². The predicted octanol–water partition coefficient (Wildman–Crippen LogP) is 2.53. The Hall–Kier alpha value is -0.820. The van der Waals surface area contributed by atoms with E-state index in [1.54, 1.807) is 0 Å². The molecule has 0 aliphatic heterocycles. The number of aliphatic carboxylic acids is 1. The molecule has 0 bridgehead atoms. The monoisotopic (exact) mass is 325 g/mol. The molecule has 0 spiro atoms. The highest BCUT2D eigenvalue weighted by molar-refractivity contribution is 7.89. The van der Waals surface area contributed by atoms with Crippen LogP contribution in [0.3, 0.4) is 0 Å². The lowest BCUT2D eigenvalue weighted by Gasteiger charge is -2.08. The number of nitrogens with one attached hydrogen (secondary N) is 1. The van der Waals surface area contributed by atoms with Crippen molar-refractivity contribution in [2.45, 2.75) is 24.2 Å². The average molecular weight is 326 g/mol. The van der Waals surface area contributed by atoms with Crippen molar-refractivity contribution in [1.82, 2.24) is 4.72 Å². The number of benzene rings is 1. The molecular formula is C11H13Cl2NO4S. The first-order valence-corrected chi connectivity index (χ1v) is 7.74. The van der Waals surface area contributed by atoms with Crippen molar-refractivity contribution in [1.29, 1.82) is 0 Å². The van der Waals surface area contributed by atoms with Gasteiger partial charge in [0, 0.05) is 13.0 Å². The predicted molar refractivity (Wildman–Crippen MR) is 73.1 cm³/mol. The highest BCUT2D eigenvalue weighted by Crippen LogP contribution is 2.28. The van der Waals surface area contributed by atoms with Gasteiger partial charge in [-0.3, -0.25) is 4.79 Å². The first kappa shape index (κ1) is 16.2. The zero-order valence-electron chi connectivity index (χ0n) is 9.90. The molecule has 0 unspecified atom stereocenters. The Morgan fingerprint density at radius 2 is 1.95 bits per heavy atom. The second-order valence-electron chi connectivity index (χ2n) is 3.80. The summed E-state index contributed by atoms with van der Waals surface area (Å²) >= 11 is 11.6. The van der Waals surface area contributed by atoms with Crippen molar-refractivity contribution in [2.24, 2.45) is 0 Å². The van der Waals surface area contributed by atoms with E-state index in [4.69, 9.17) is 28.3 Å². The minimum absolute atomic E-state index is 0.0135. The molecule has 1 aromatic rings. The van der Waals surface area contributed by atoms with E-state index >= 15 is 0 Å². The number of carboxylic acids is 1. The van der Waals surface area contributed by atoms with Gasteiger partial charge in [0.25, 0.3) is 0 Å². The van der Waals surface area contributed by atoms with Gasteiger partial charge in [0.2, 0.25) is 10.0 Å². The zero-order valence-corrected chi connectivity index (χ0v) is 12.2. The molecule has 0 aliphatic rings. The lowest BCUT2D eigenvalue weighted by molar-refractivity contribution is -0.137. The van der Waals surface area contributed by atoms with Gasteiger partial charge in [-0.2, -0.15) is 0 Å². The molecule has 0 heterocycles. The van der Waals surface area contributed by atoms with Crippen molar-refractivity contribution in [3.8, 4) is 0 Å². The van der Waals surface area contributed by atoms with E-state index < -0.39 is 16.0 Å². The Morgan fingerprint density at radius 3 is 2.58 bits per heavy atom. The van der Waals surface area contributed by atoms with Crippen LogP contribution in [0.15, 0.2) is 23.1 Å². The fraction of sp³-hybridized carbons (Fsp3) is 0.364. The van der Waals surface area contributed by atoms with Crippen molar-refractivity contribution >= 4 is 39.2 Å². The Balaban J connectivity index is 2.61. The quantitative estimate of drug-likeness (QED) is 0.754. The van der Waals surface area contributed by atoms with Crippen molar-refractivity contribution in [2.75, 3.05) is 6.54 Å². The fourth-order valence-corrected chi connectivity index (χ4v) is 3.21. The molecule has 1 aromatic carbocycles. The standard InChI is InChI=1S/C11H13Cl2NO4S/c12-8-4-3-5-9(11(8)13)19(17,18)14-7-2-1-6-10(15)16/h3-5,14H,1-2,6-7H2,(H,15,16). The number of unbranched alkanes of at least 4 members (excludes halogenated alkanes) is 1. The van der Waals surface area contributed by atoms with Gasteiger partial charge in [0.1, 0.15) is 4.90 Å². The maximum Gasteiger partial charge on any atom is 0.303 e. The summed E-state index contributed by atoms with van der Waals surface area (Å²) in [5, 5.41) is 8.58. The molecule has 0 saturated heterocycles. The summed E-state index contributed by atoms with van der Waals surface area (Å²) in [6.07, 6.45) is 0.852. The third kappa shape index (κ3) is 4.99. The first-order chi connectivity index (χ1) is 8.84. The maximum atomic E-state index is 11.9. The van der Waals surface area contributed by atoms with Gasteiger partial charge in [-0.15, -0.1) is 0 Å². The second-order valence-corrected chi connectivity index (χ2v) is 6.32. The van der Waals surface area contributed by atoms with Gasteiger partial charge in [-0.25, -0.2) is 13.1 Å². The molecule has 0 amide bonds. The van der Waals surface area contributed by atoms with E-state index in [2.05, 4.69) is 4.72 Å². The zero-order chi connectivity index (χ0) is 14.5. The van der Waals surface area contributed by atoms with Crippen LogP contribution < -0.4 is 4.72 Å². The lowest BCUT2D eigenvalue weighted by atomic mass is 10.2. The molecular weight excluding hydrogens is 313 g/mol. The van der Waals surface area contributed by atoms with Crippen molar-refractivity contribution in [3.05, 3.63) is 28.2 Å². The molecule has 5 nitrogen and oxygen atoms in total. The molecule has 0 atom stereocenters. The van der Waals surface area contributed by atoms with Crippen molar-refractivity contribution in [3.63, 3.8) is 0 Å². The smallest absolute Gasteiger partial charge is 0.303 e. The van der Waals surface area contributed by atoms with E-state index in [1.807, 2.05) is 0 Å². The van der Waals surface area contributed by atoms with Gasteiger partial charge in [0.15, 0.2) is 0 Å². The number of halogens is 2. The van der Waals surface area contributed by atoms with Crippen LogP contribution in [0, 0.1) is 0 Å². The van der Waals surface area contributed by atoms with Crippen molar-refractivity contribution < 1.29 is 18.3 Å². The van der Waals surface area contributed by atoms with Crippen LogP contribution in [0.1, 0.15) is 19.3 Å². The van der Waals surface area contributed by atoms with Gasteiger partial charge < -0.3 is 5.11 Å². The minimum atomic E-state index is -3.73. The Bertz CT molecular complexity index is 560. The number of sulfonamides is 1. The summed E-state index contributed by atoms with van der Waals surface area (Å²) < 4.78 is 26.2. The van der Waals surface area contributed by atoms with Crippen LogP contribution in [0.5, 0.6) is 0 Å². The lowest BCUT2D eigenvalue weighted by Crippen LogP contribution is -2.25. The number of carboxylic acid groups (broad SMARTS) is 1.